The molecule has 1 unspecified atom stereocenters. The summed E-state index contributed by atoms with van der Waals surface area (Å²) in [6, 6.07) is 21.4. The molecule has 0 nitrogen and oxygen atoms in total. The number of rotatable bonds is 2. The van der Waals surface area contributed by atoms with E-state index >= 15 is 0 Å². The second-order valence-electron chi connectivity index (χ2n) is 18.6. The van der Waals surface area contributed by atoms with E-state index in [-0.39, 0.29) is 35.6 Å². The molecule has 5 aromatic carbocycles. The number of hydrogen-bond acceptors (Lipinski definition) is 0. The van der Waals surface area contributed by atoms with Crippen LogP contribution in [-0.4, -0.2) is 3.21 Å². The van der Waals surface area contributed by atoms with Gasteiger partial charge in [-0.3, -0.25) is 6.08 Å². The molecular formula is C52H52Cl2F6Zr-2. The summed E-state index contributed by atoms with van der Waals surface area (Å²) in [5.41, 5.74) is 10.5. The molecule has 0 amide bonds. The van der Waals surface area contributed by atoms with E-state index in [1.54, 1.807) is 0 Å². The normalized spacial score (nSPS) is 17.5. The van der Waals surface area contributed by atoms with Crippen LogP contribution in [0.4, 0.5) is 26.3 Å². The third kappa shape index (κ3) is 11.1. The minimum Gasteiger partial charge on any atom is -1.00 e. The molecule has 3 aliphatic rings. The molecule has 0 heterocycles. The Hall–Kier alpha value is -3.38. The molecule has 8 rings (SSSR count). The fourth-order valence-corrected chi connectivity index (χ4v) is 8.83. The number of benzene rings is 4. The van der Waals surface area contributed by atoms with Crippen LogP contribution in [0, 0.1) is 17.4 Å². The van der Waals surface area contributed by atoms with E-state index in [0.717, 1.165) is 61.3 Å². The SMILES string of the molecule is CC1=CCC(C)(C)c2cc3[cH-]c4cc5c(cc4c3cc21)C(C)=CCC5(C)C.CC1[C-]=CC(C(C)(C)C)=C1.FC(F)(F)c1ccc([C](=[Zr+2])c2ccc(C(F)(F)F)cc2)cc1.[Cl-].[Cl-]. The van der Waals surface area contributed by atoms with Crippen LogP contribution >= 0.6 is 0 Å². The minimum atomic E-state index is -4.41. The molecule has 0 aromatic heterocycles. The third-order valence-corrected chi connectivity index (χ3v) is 13.3. The van der Waals surface area contributed by atoms with Gasteiger partial charge in [-0.25, -0.2) is 6.08 Å². The first kappa shape index (κ1) is 50.3. The number of fused-ring (bicyclic) bond motifs is 5. The van der Waals surface area contributed by atoms with Crippen molar-refractivity contribution in [1.82, 2.24) is 0 Å². The van der Waals surface area contributed by atoms with Gasteiger partial charge in [0.15, 0.2) is 0 Å². The molecule has 1 atom stereocenters. The molecule has 0 saturated carbocycles. The molecule has 0 aliphatic heterocycles. The fourth-order valence-electron chi connectivity index (χ4n) is 8.01. The maximum atomic E-state index is 12.5. The number of alkyl halides is 6. The Balaban J connectivity index is 0.000000217. The van der Waals surface area contributed by atoms with Crippen molar-refractivity contribution in [1.29, 1.82) is 0 Å². The summed E-state index contributed by atoms with van der Waals surface area (Å²) in [6.07, 6.45) is 5.92. The predicted octanol–water partition coefficient (Wildman–Crippen LogP) is 9.70. The summed E-state index contributed by atoms with van der Waals surface area (Å²) < 4.78 is 75.6. The molecule has 0 radical (unpaired) electrons. The first-order chi connectivity index (χ1) is 27.3. The second-order valence-corrected chi connectivity index (χ2v) is 19.8. The summed E-state index contributed by atoms with van der Waals surface area (Å²) in [5, 5.41) is 5.61. The number of halogens is 8. The molecule has 5 aromatic rings. The van der Waals surface area contributed by atoms with Crippen molar-refractivity contribution in [3.05, 3.63) is 159 Å². The van der Waals surface area contributed by atoms with Gasteiger partial charge in [0, 0.05) is 0 Å². The maximum Gasteiger partial charge on any atom is -1.00 e. The Morgan fingerprint density at radius 3 is 1.33 bits per heavy atom. The summed E-state index contributed by atoms with van der Waals surface area (Å²) >= 11 is 0.898. The Morgan fingerprint density at radius 2 is 1.03 bits per heavy atom. The topological polar surface area (TPSA) is 0 Å². The molecule has 322 valence electrons. The summed E-state index contributed by atoms with van der Waals surface area (Å²) in [6.45, 7) is 22.9. The van der Waals surface area contributed by atoms with Gasteiger partial charge in [0.05, 0.1) is 0 Å². The van der Waals surface area contributed by atoms with E-state index in [1.165, 1.54) is 84.8 Å². The van der Waals surface area contributed by atoms with Gasteiger partial charge in [-0.05, 0) is 59.8 Å². The van der Waals surface area contributed by atoms with E-state index in [2.05, 4.69) is 130 Å². The largest absolute Gasteiger partial charge is 1.00 e. The van der Waals surface area contributed by atoms with Crippen molar-refractivity contribution >= 4 is 35.9 Å². The summed E-state index contributed by atoms with van der Waals surface area (Å²) in [4.78, 5) is 0. The Labute approximate surface area is 384 Å². The van der Waals surface area contributed by atoms with Gasteiger partial charge in [-0.15, -0.1) is 39.7 Å². The van der Waals surface area contributed by atoms with E-state index in [9.17, 15) is 26.3 Å². The molecule has 61 heavy (non-hydrogen) atoms. The Kier molecular flexibility index (Phi) is 15.1. The smallest absolute Gasteiger partial charge is 1.00 e. The Bertz CT molecular complexity index is 2380. The zero-order chi connectivity index (χ0) is 43.5. The quantitative estimate of drug-likeness (QED) is 0.122. The van der Waals surface area contributed by atoms with E-state index in [4.69, 9.17) is 0 Å². The van der Waals surface area contributed by atoms with E-state index < -0.39 is 23.5 Å². The minimum absolute atomic E-state index is 0. The molecule has 0 N–H and O–H groups in total. The first-order valence-electron chi connectivity index (χ1n) is 20.1. The molecule has 0 saturated heterocycles. The van der Waals surface area contributed by atoms with Gasteiger partial charge in [-0.1, -0.05) is 102 Å². The zero-order valence-electron chi connectivity index (χ0n) is 36.3. The van der Waals surface area contributed by atoms with Gasteiger partial charge in [0.2, 0.25) is 0 Å². The number of allylic oxidation sites excluding steroid dienone is 8. The average molecular weight is 953 g/mol. The monoisotopic (exact) mass is 950 g/mol. The molecule has 0 spiro atoms. The van der Waals surface area contributed by atoms with Crippen LogP contribution in [0.2, 0.25) is 0 Å². The van der Waals surface area contributed by atoms with Gasteiger partial charge in [0.25, 0.3) is 0 Å². The van der Waals surface area contributed by atoms with Crippen LogP contribution in [-0.2, 0) is 47.4 Å². The third-order valence-electron chi connectivity index (χ3n) is 11.9. The van der Waals surface area contributed by atoms with Gasteiger partial charge in [-0.2, -0.15) is 11.6 Å². The van der Waals surface area contributed by atoms with Crippen LogP contribution in [0.25, 0.3) is 32.7 Å². The van der Waals surface area contributed by atoms with Crippen molar-refractivity contribution in [2.45, 2.75) is 105 Å². The van der Waals surface area contributed by atoms with E-state index in [0.29, 0.717) is 25.7 Å². The summed E-state index contributed by atoms with van der Waals surface area (Å²) in [7, 11) is 0. The van der Waals surface area contributed by atoms with Crippen LogP contribution in [0.1, 0.15) is 127 Å². The van der Waals surface area contributed by atoms with Crippen molar-refractivity contribution < 1.29 is 75.4 Å². The van der Waals surface area contributed by atoms with Crippen LogP contribution in [0.5, 0.6) is 0 Å². The first-order valence-corrected chi connectivity index (χ1v) is 21.3. The average Bonchev–Trinajstić information content (AvgIpc) is 3.77. The van der Waals surface area contributed by atoms with E-state index in [1.807, 2.05) is 0 Å². The molecule has 9 heteroatoms. The molecular weight excluding hydrogens is 901 g/mol. The van der Waals surface area contributed by atoms with Crippen LogP contribution < -0.4 is 24.8 Å². The molecule has 0 fully saturated rings. The van der Waals surface area contributed by atoms with Crippen LogP contribution in [0.15, 0.2) is 109 Å². The van der Waals surface area contributed by atoms with Crippen molar-refractivity contribution in [2.24, 2.45) is 11.3 Å². The van der Waals surface area contributed by atoms with Crippen LogP contribution in [0.3, 0.4) is 0 Å². The molecule has 0 bridgehead atoms. The predicted molar refractivity (Wildman–Crippen MR) is 230 cm³/mol. The molecule has 3 aliphatic carbocycles. The number of hydrogen-bond donors (Lipinski definition) is 0. The fraction of sp³-hybridized carbons (Fsp3) is 0.346. The van der Waals surface area contributed by atoms with Gasteiger partial charge in [0.1, 0.15) is 0 Å². The maximum absolute atomic E-state index is 12.5. The van der Waals surface area contributed by atoms with Gasteiger partial charge >= 0.3 is 137 Å². The zero-order valence-corrected chi connectivity index (χ0v) is 40.3. The standard InChI is InChI=1S/C27H29.C15H8F6.C10H15.2ClH.Zr/c1-16-7-9-26(3,4)24-12-18-11-19-13-25-21(17(2)8-10-27(25,5)6)15-23(19)22(18)14-20(16)24;16-14(17,18)12-5-1-10(2-6-12)9-11-3-7-13(8-4-11)15(19,20)21;1-8-5-6-9(7-8)10(2,3)4;;;/h7-8,11-15H,9-10H2,1-6H3;1-8H;6-8H,1-4H3;2*1H;/q-1;;-1;;;+2/p-2. The van der Waals surface area contributed by atoms with Crippen molar-refractivity contribution in [3.8, 4) is 0 Å². The van der Waals surface area contributed by atoms with Gasteiger partial charge < -0.3 is 24.8 Å². The Morgan fingerprint density at radius 1 is 0.656 bits per heavy atom. The summed E-state index contributed by atoms with van der Waals surface area (Å²) in [5.74, 6) is 0.522. The second kappa shape index (κ2) is 18.4. The van der Waals surface area contributed by atoms with Crippen molar-refractivity contribution in [2.75, 3.05) is 0 Å². The van der Waals surface area contributed by atoms with Crippen molar-refractivity contribution in [3.63, 3.8) is 0 Å².